The van der Waals surface area contributed by atoms with E-state index in [1.807, 2.05) is 18.2 Å². The van der Waals surface area contributed by atoms with Gasteiger partial charge >= 0.3 is 0 Å². The molecule has 0 spiro atoms. The van der Waals surface area contributed by atoms with E-state index in [0.717, 1.165) is 18.2 Å². The molecule has 0 amide bonds. The summed E-state index contributed by atoms with van der Waals surface area (Å²) in [5.74, 6) is 1.84. The number of hydrogen-bond acceptors (Lipinski definition) is 4. The van der Waals surface area contributed by atoms with Gasteiger partial charge in [0.05, 0.1) is 19.3 Å². The second-order valence-corrected chi connectivity index (χ2v) is 5.87. The van der Waals surface area contributed by atoms with Crippen LogP contribution in [0, 0.1) is 0 Å². The van der Waals surface area contributed by atoms with Crippen molar-refractivity contribution in [3.05, 3.63) is 46.3 Å². The monoisotopic (exact) mass is 446 g/mol. The van der Waals surface area contributed by atoms with E-state index in [1.54, 1.807) is 25.5 Å². The first kappa shape index (κ1) is 19.7. The standard InChI is InChI=1S/C16H22N4OS.HI/c1-12(14-7-5-9-22-14)10-18-16(17-2)19-11-13-6-4-8-15(20-13)21-3;/h4-9,12H,10-11H2,1-3H3,(H2,17,18,19);1H. The molecular weight excluding hydrogens is 423 g/mol. The molecule has 0 saturated carbocycles. The van der Waals surface area contributed by atoms with Crippen LogP contribution in [-0.2, 0) is 6.54 Å². The van der Waals surface area contributed by atoms with Crippen molar-refractivity contribution in [1.82, 2.24) is 15.6 Å². The number of aromatic nitrogens is 1. The lowest BCUT2D eigenvalue weighted by Crippen LogP contribution is -2.38. The summed E-state index contributed by atoms with van der Waals surface area (Å²) < 4.78 is 5.12. The van der Waals surface area contributed by atoms with Crippen molar-refractivity contribution in [2.45, 2.75) is 19.4 Å². The van der Waals surface area contributed by atoms with Crippen LogP contribution < -0.4 is 15.4 Å². The van der Waals surface area contributed by atoms with E-state index >= 15 is 0 Å². The molecule has 0 aromatic carbocycles. The lowest BCUT2D eigenvalue weighted by Gasteiger charge is -2.15. The Morgan fingerprint density at radius 3 is 2.78 bits per heavy atom. The number of methoxy groups -OCH3 is 1. The first-order valence-electron chi connectivity index (χ1n) is 7.20. The minimum atomic E-state index is 0. The van der Waals surface area contributed by atoms with E-state index in [9.17, 15) is 0 Å². The molecule has 0 aliphatic carbocycles. The summed E-state index contributed by atoms with van der Waals surface area (Å²) in [6.07, 6.45) is 0. The number of thiophene rings is 1. The third-order valence-corrected chi connectivity index (χ3v) is 4.36. The van der Waals surface area contributed by atoms with Crippen molar-refractivity contribution in [1.29, 1.82) is 0 Å². The first-order chi connectivity index (χ1) is 10.7. The Hall–Kier alpha value is -1.35. The Balaban J connectivity index is 0.00000264. The SMILES string of the molecule is CN=C(NCc1cccc(OC)n1)NCC(C)c1cccs1.I. The van der Waals surface area contributed by atoms with Crippen LogP contribution in [0.5, 0.6) is 5.88 Å². The van der Waals surface area contributed by atoms with Crippen molar-refractivity contribution in [2.24, 2.45) is 4.99 Å². The van der Waals surface area contributed by atoms with Gasteiger partial charge in [-0.25, -0.2) is 4.98 Å². The highest BCUT2D eigenvalue weighted by Gasteiger charge is 2.07. The predicted molar refractivity (Wildman–Crippen MR) is 107 cm³/mol. The molecule has 1 unspecified atom stereocenters. The van der Waals surface area contributed by atoms with E-state index in [-0.39, 0.29) is 24.0 Å². The van der Waals surface area contributed by atoms with E-state index in [4.69, 9.17) is 4.74 Å². The second kappa shape index (κ2) is 10.4. The number of hydrogen-bond donors (Lipinski definition) is 2. The Morgan fingerprint density at radius 1 is 1.30 bits per heavy atom. The molecule has 0 bridgehead atoms. The number of pyridine rings is 1. The van der Waals surface area contributed by atoms with Gasteiger partial charge in [0.1, 0.15) is 0 Å². The van der Waals surface area contributed by atoms with E-state index in [2.05, 4.69) is 45.0 Å². The van der Waals surface area contributed by atoms with E-state index in [0.29, 0.717) is 18.3 Å². The molecule has 0 fully saturated rings. The van der Waals surface area contributed by atoms with Crippen LogP contribution in [0.3, 0.4) is 0 Å². The lowest BCUT2D eigenvalue weighted by atomic mass is 10.1. The fourth-order valence-electron chi connectivity index (χ4n) is 1.99. The van der Waals surface area contributed by atoms with Gasteiger partial charge < -0.3 is 15.4 Å². The zero-order valence-corrected chi connectivity index (χ0v) is 16.7. The molecule has 0 saturated heterocycles. The Morgan fingerprint density at radius 2 is 2.13 bits per heavy atom. The Labute approximate surface area is 158 Å². The molecule has 2 aromatic heterocycles. The Bertz CT molecular complexity index is 604. The first-order valence-corrected chi connectivity index (χ1v) is 8.08. The van der Waals surface area contributed by atoms with E-state index < -0.39 is 0 Å². The number of rotatable bonds is 6. The number of ether oxygens (including phenoxy) is 1. The third-order valence-electron chi connectivity index (χ3n) is 3.26. The van der Waals surface area contributed by atoms with Gasteiger partial charge in [-0.1, -0.05) is 19.1 Å². The zero-order valence-electron chi connectivity index (χ0n) is 13.6. The molecule has 0 aliphatic rings. The summed E-state index contributed by atoms with van der Waals surface area (Å²) in [6.45, 7) is 3.64. The quantitative estimate of drug-likeness (QED) is 0.407. The summed E-state index contributed by atoms with van der Waals surface area (Å²) in [6, 6.07) is 9.96. The van der Waals surface area contributed by atoms with Crippen LogP contribution in [0.25, 0.3) is 0 Å². The summed E-state index contributed by atoms with van der Waals surface area (Å²) in [5, 5.41) is 8.71. The van der Waals surface area contributed by atoms with Crippen molar-refractivity contribution in [3.8, 4) is 5.88 Å². The topological polar surface area (TPSA) is 58.5 Å². The minimum Gasteiger partial charge on any atom is -0.481 e. The zero-order chi connectivity index (χ0) is 15.8. The summed E-state index contributed by atoms with van der Waals surface area (Å²) in [7, 11) is 3.39. The highest BCUT2D eigenvalue weighted by Crippen LogP contribution is 2.19. The summed E-state index contributed by atoms with van der Waals surface area (Å²) >= 11 is 1.78. The highest BCUT2D eigenvalue weighted by molar-refractivity contribution is 14.0. The number of guanidine groups is 1. The molecule has 2 heterocycles. The maximum absolute atomic E-state index is 5.12. The van der Waals surface area contributed by atoms with Gasteiger partial charge in [-0.3, -0.25) is 4.99 Å². The maximum atomic E-state index is 5.12. The normalized spacial score (nSPS) is 12.2. The lowest BCUT2D eigenvalue weighted by molar-refractivity contribution is 0.396. The molecular formula is C16H23IN4OS. The van der Waals surface area contributed by atoms with Crippen molar-refractivity contribution in [2.75, 3.05) is 20.7 Å². The van der Waals surface area contributed by atoms with Crippen LogP contribution in [0.1, 0.15) is 23.4 Å². The fraction of sp³-hybridized carbons (Fsp3) is 0.375. The molecule has 0 radical (unpaired) electrons. The number of aliphatic imine (C=N–C) groups is 1. The van der Waals surface area contributed by atoms with Gasteiger partial charge in [-0.15, -0.1) is 35.3 Å². The molecule has 2 N–H and O–H groups in total. The van der Waals surface area contributed by atoms with Gasteiger partial charge in [0.15, 0.2) is 5.96 Å². The Kier molecular flexibility index (Phi) is 8.93. The average Bonchev–Trinajstić information content (AvgIpc) is 3.09. The van der Waals surface area contributed by atoms with Gasteiger partial charge in [0.25, 0.3) is 0 Å². The minimum absolute atomic E-state index is 0. The number of nitrogens with zero attached hydrogens (tertiary/aromatic N) is 2. The molecule has 2 rings (SSSR count). The summed E-state index contributed by atoms with van der Waals surface area (Å²) in [4.78, 5) is 9.98. The van der Waals surface area contributed by atoms with Gasteiger partial charge in [0.2, 0.25) is 5.88 Å². The second-order valence-electron chi connectivity index (χ2n) is 4.89. The molecule has 23 heavy (non-hydrogen) atoms. The van der Waals surface area contributed by atoms with Gasteiger partial charge in [-0.05, 0) is 17.5 Å². The van der Waals surface area contributed by atoms with Crippen LogP contribution >= 0.6 is 35.3 Å². The van der Waals surface area contributed by atoms with Crippen LogP contribution in [0.2, 0.25) is 0 Å². The van der Waals surface area contributed by atoms with Crippen molar-refractivity contribution in [3.63, 3.8) is 0 Å². The third kappa shape index (κ3) is 6.34. The summed E-state index contributed by atoms with van der Waals surface area (Å²) in [5.41, 5.74) is 0.911. The number of halogens is 1. The largest absolute Gasteiger partial charge is 0.481 e. The van der Waals surface area contributed by atoms with Gasteiger partial charge in [-0.2, -0.15) is 0 Å². The molecule has 2 aromatic rings. The smallest absolute Gasteiger partial charge is 0.213 e. The van der Waals surface area contributed by atoms with Crippen LogP contribution in [0.4, 0.5) is 0 Å². The maximum Gasteiger partial charge on any atom is 0.213 e. The highest BCUT2D eigenvalue weighted by atomic mass is 127. The molecule has 1 atom stereocenters. The average molecular weight is 446 g/mol. The number of nitrogens with one attached hydrogen (secondary N) is 2. The molecule has 7 heteroatoms. The van der Waals surface area contributed by atoms with Crippen LogP contribution in [-0.4, -0.2) is 31.6 Å². The van der Waals surface area contributed by atoms with Crippen molar-refractivity contribution < 1.29 is 4.74 Å². The molecule has 0 aliphatic heterocycles. The van der Waals surface area contributed by atoms with Crippen LogP contribution in [0.15, 0.2) is 40.7 Å². The van der Waals surface area contributed by atoms with Crippen molar-refractivity contribution >= 4 is 41.3 Å². The predicted octanol–water partition coefficient (Wildman–Crippen LogP) is 3.24. The molecule has 126 valence electrons. The fourth-order valence-corrected chi connectivity index (χ4v) is 2.77. The molecule has 5 nitrogen and oxygen atoms in total. The van der Waals surface area contributed by atoms with Gasteiger partial charge in [0, 0.05) is 30.5 Å². The van der Waals surface area contributed by atoms with E-state index in [1.165, 1.54) is 4.88 Å².